The van der Waals surface area contributed by atoms with E-state index in [1.807, 2.05) is 40.1 Å². The molecule has 3 aliphatic heterocycles. The molecule has 8 nitrogen and oxygen atoms in total. The molecule has 1 aliphatic carbocycles. The number of benzene rings is 2. The van der Waals surface area contributed by atoms with E-state index in [1.54, 1.807) is 31.4 Å². The number of fused-ring (bicyclic) bond motifs is 5. The maximum absolute atomic E-state index is 14.3. The van der Waals surface area contributed by atoms with Crippen molar-refractivity contribution in [3.63, 3.8) is 0 Å². The fraction of sp³-hybridized carbons (Fsp3) is 0.406. The number of hydrogen-bond acceptors (Lipinski definition) is 5. The van der Waals surface area contributed by atoms with Crippen LogP contribution in [0.1, 0.15) is 54.9 Å². The first-order valence-electron chi connectivity index (χ1n) is 14.1. The van der Waals surface area contributed by atoms with Gasteiger partial charge in [-0.25, -0.2) is 4.79 Å². The summed E-state index contributed by atoms with van der Waals surface area (Å²) in [4.78, 5) is 44.6. The average molecular weight is 542 g/mol. The summed E-state index contributed by atoms with van der Waals surface area (Å²) in [5, 5.41) is 2.76. The smallest absolute Gasteiger partial charge is 0.411 e. The molecule has 0 saturated carbocycles. The number of piperazine rings is 1. The van der Waals surface area contributed by atoms with Gasteiger partial charge in [-0.05, 0) is 67.0 Å². The highest BCUT2D eigenvalue weighted by Crippen LogP contribution is 2.44. The van der Waals surface area contributed by atoms with Crippen molar-refractivity contribution in [2.45, 2.75) is 69.9 Å². The lowest BCUT2D eigenvalue weighted by Crippen LogP contribution is -2.71. The van der Waals surface area contributed by atoms with Crippen LogP contribution in [-0.4, -0.2) is 65.6 Å². The van der Waals surface area contributed by atoms with E-state index in [-0.39, 0.29) is 36.6 Å². The molecule has 4 aliphatic rings. The molecule has 3 heterocycles. The van der Waals surface area contributed by atoms with E-state index in [9.17, 15) is 14.4 Å². The van der Waals surface area contributed by atoms with Gasteiger partial charge < -0.3 is 19.3 Å². The molecule has 8 heteroatoms. The van der Waals surface area contributed by atoms with Crippen molar-refractivity contribution in [2.75, 3.05) is 19.0 Å². The lowest BCUT2D eigenvalue weighted by molar-refractivity contribution is -0.150. The molecule has 0 aromatic heterocycles. The number of carbonyl (C=O) groups is 3. The zero-order valence-corrected chi connectivity index (χ0v) is 23.0. The molecule has 208 valence electrons. The molecule has 4 atom stereocenters. The Morgan fingerprint density at radius 3 is 2.62 bits per heavy atom. The molecular weight excluding hydrogens is 506 g/mol. The second-order valence-electron chi connectivity index (χ2n) is 11.1. The molecule has 0 spiro atoms. The van der Waals surface area contributed by atoms with E-state index in [0.717, 1.165) is 31.2 Å². The number of piperidine rings is 1. The summed E-state index contributed by atoms with van der Waals surface area (Å²) in [6, 6.07) is 15.6. The van der Waals surface area contributed by atoms with Gasteiger partial charge in [-0.15, -0.1) is 0 Å². The molecule has 1 N–H and O–H groups in total. The number of anilines is 1. The van der Waals surface area contributed by atoms with Crippen molar-refractivity contribution in [1.29, 1.82) is 0 Å². The molecule has 2 aromatic carbocycles. The van der Waals surface area contributed by atoms with Gasteiger partial charge in [-0.2, -0.15) is 0 Å². The predicted octanol–water partition coefficient (Wildman–Crippen LogP) is 5.07. The van der Waals surface area contributed by atoms with Gasteiger partial charge in [0.05, 0.1) is 29.4 Å². The summed E-state index contributed by atoms with van der Waals surface area (Å²) in [6.07, 6.45) is 5.48. The Bertz CT molecular complexity index is 1380. The first-order chi connectivity index (χ1) is 19.5. The summed E-state index contributed by atoms with van der Waals surface area (Å²) >= 11 is 0. The van der Waals surface area contributed by atoms with Crippen LogP contribution in [0.4, 0.5) is 10.5 Å². The minimum Gasteiger partial charge on any atom is -0.444 e. The molecular formula is C32H35N3O5. The Kier molecular flexibility index (Phi) is 7.19. The molecule has 2 fully saturated rings. The fourth-order valence-corrected chi connectivity index (χ4v) is 6.87. The first-order valence-corrected chi connectivity index (χ1v) is 14.1. The highest BCUT2D eigenvalue weighted by atomic mass is 16.5. The van der Waals surface area contributed by atoms with Crippen LogP contribution in [0.15, 0.2) is 77.4 Å². The van der Waals surface area contributed by atoms with Crippen LogP contribution in [-0.2, 0) is 20.9 Å². The molecule has 4 unspecified atom stereocenters. The van der Waals surface area contributed by atoms with Gasteiger partial charge >= 0.3 is 6.09 Å². The molecule has 2 saturated heterocycles. The monoisotopic (exact) mass is 541 g/mol. The van der Waals surface area contributed by atoms with Gasteiger partial charge in [0.2, 0.25) is 5.91 Å². The van der Waals surface area contributed by atoms with Crippen LogP contribution < -0.4 is 5.32 Å². The molecule has 2 aromatic rings. The minimum absolute atomic E-state index is 0.0220. The number of ether oxygens (including phenoxy) is 2. The van der Waals surface area contributed by atoms with Gasteiger partial charge in [0.15, 0.2) is 0 Å². The largest absolute Gasteiger partial charge is 0.444 e. The Morgan fingerprint density at radius 1 is 1.05 bits per heavy atom. The summed E-state index contributed by atoms with van der Waals surface area (Å²) in [5.41, 5.74) is 5.30. The SMILES string of the molecule is COC1CC2=C(C=C1C)CCN1C(=O)C3CCCC(C21)N3C(=O)c1ccccc1NC(=O)OCc1ccccc1. The van der Waals surface area contributed by atoms with Crippen molar-refractivity contribution in [2.24, 2.45) is 0 Å². The number of methoxy groups -OCH3 is 1. The maximum Gasteiger partial charge on any atom is 0.411 e. The Morgan fingerprint density at radius 2 is 1.82 bits per heavy atom. The lowest BCUT2D eigenvalue weighted by Gasteiger charge is -2.56. The van der Waals surface area contributed by atoms with Crippen LogP contribution in [0.5, 0.6) is 0 Å². The summed E-state index contributed by atoms with van der Waals surface area (Å²) in [5.74, 6) is -0.214. The highest BCUT2D eigenvalue weighted by molar-refractivity contribution is 6.05. The van der Waals surface area contributed by atoms with E-state index in [1.165, 1.54) is 16.7 Å². The predicted molar refractivity (Wildman–Crippen MR) is 151 cm³/mol. The molecule has 6 rings (SSSR count). The van der Waals surface area contributed by atoms with Gasteiger partial charge in [0.1, 0.15) is 12.6 Å². The zero-order valence-electron chi connectivity index (χ0n) is 23.0. The number of allylic oxidation sites excluding steroid dienone is 1. The third-order valence-electron chi connectivity index (χ3n) is 8.77. The number of para-hydroxylation sites is 1. The quantitative estimate of drug-likeness (QED) is 0.571. The highest BCUT2D eigenvalue weighted by Gasteiger charge is 2.53. The third kappa shape index (κ3) is 4.70. The van der Waals surface area contributed by atoms with Crippen molar-refractivity contribution in [1.82, 2.24) is 9.80 Å². The normalized spacial score (nSPS) is 25.6. The molecule has 40 heavy (non-hydrogen) atoms. The van der Waals surface area contributed by atoms with Gasteiger partial charge in [0.25, 0.3) is 5.91 Å². The Balaban J connectivity index is 1.28. The minimum atomic E-state index is -0.637. The zero-order chi connectivity index (χ0) is 27.8. The molecule has 0 radical (unpaired) electrons. The molecule has 2 bridgehead atoms. The number of hydrogen-bond donors (Lipinski definition) is 1. The van der Waals surface area contributed by atoms with Crippen molar-refractivity contribution < 1.29 is 23.9 Å². The number of nitrogens with one attached hydrogen (secondary N) is 1. The van der Waals surface area contributed by atoms with Gasteiger partial charge in [-0.3, -0.25) is 14.9 Å². The third-order valence-corrected chi connectivity index (χ3v) is 8.77. The number of amides is 3. The lowest BCUT2D eigenvalue weighted by atomic mass is 9.74. The van der Waals surface area contributed by atoms with E-state index >= 15 is 0 Å². The number of carbonyl (C=O) groups excluding carboxylic acids is 3. The molecule has 3 amide bonds. The first kappa shape index (κ1) is 26.3. The van der Waals surface area contributed by atoms with Crippen molar-refractivity contribution >= 4 is 23.6 Å². The number of nitrogens with zero attached hydrogens (tertiary/aromatic N) is 2. The summed E-state index contributed by atoms with van der Waals surface area (Å²) in [6.45, 7) is 2.89. The second kappa shape index (κ2) is 10.9. The van der Waals surface area contributed by atoms with Crippen molar-refractivity contribution in [3.8, 4) is 0 Å². The van der Waals surface area contributed by atoms with E-state index in [4.69, 9.17) is 9.47 Å². The van der Waals surface area contributed by atoms with E-state index < -0.39 is 12.1 Å². The van der Waals surface area contributed by atoms with Crippen LogP contribution in [0.25, 0.3) is 0 Å². The summed E-state index contributed by atoms with van der Waals surface area (Å²) in [7, 11) is 1.72. The fourth-order valence-electron chi connectivity index (χ4n) is 6.87. The Hall–Kier alpha value is -3.91. The van der Waals surface area contributed by atoms with E-state index in [2.05, 4.69) is 18.3 Å². The van der Waals surface area contributed by atoms with Crippen LogP contribution >= 0.6 is 0 Å². The van der Waals surface area contributed by atoms with Gasteiger partial charge in [-0.1, -0.05) is 48.5 Å². The van der Waals surface area contributed by atoms with Crippen LogP contribution in [0.2, 0.25) is 0 Å². The van der Waals surface area contributed by atoms with Gasteiger partial charge in [0, 0.05) is 20.1 Å². The average Bonchev–Trinajstić information content (AvgIpc) is 2.98. The topological polar surface area (TPSA) is 88.2 Å². The second-order valence-corrected chi connectivity index (χ2v) is 11.1. The van der Waals surface area contributed by atoms with E-state index in [0.29, 0.717) is 24.2 Å². The van der Waals surface area contributed by atoms with Crippen LogP contribution in [0, 0.1) is 0 Å². The summed E-state index contributed by atoms with van der Waals surface area (Å²) < 4.78 is 11.2. The standard InChI is InChI=1S/C32H35N3O5/c1-20-17-22-15-16-34-29(24(22)18-28(20)39-2)26-13-8-14-27(31(34)37)35(26)30(36)23-11-6-7-12-25(23)33-32(38)40-19-21-9-4-3-5-10-21/h3-7,9-12,17,26-29H,8,13-16,18-19H2,1-2H3,(H,33,38). The maximum atomic E-state index is 14.3. The number of rotatable bonds is 5. The van der Waals surface area contributed by atoms with Crippen LogP contribution in [0.3, 0.4) is 0 Å². The van der Waals surface area contributed by atoms with Crippen molar-refractivity contribution in [3.05, 3.63) is 88.5 Å². The Labute approximate surface area is 234 Å².